The molecule has 0 unspecified atom stereocenters. The summed E-state index contributed by atoms with van der Waals surface area (Å²) >= 11 is 0. The average molecular weight is 612 g/mol. The van der Waals surface area contributed by atoms with Gasteiger partial charge in [-0.1, -0.05) is 19.1 Å². The van der Waals surface area contributed by atoms with Crippen LogP contribution < -0.4 is 28.3 Å². The molecule has 0 fully saturated rings. The van der Waals surface area contributed by atoms with Crippen molar-refractivity contribution in [2.24, 2.45) is 22.9 Å². The van der Waals surface area contributed by atoms with Crippen molar-refractivity contribution in [3.8, 4) is 0 Å². The van der Waals surface area contributed by atoms with Crippen molar-refractivity contribution in [3.63, 3.8) is 0 Å². The van der Waals surface area contributed by atoms with E-state index in [0.717, 1.165) is 114 Å². The van der Waals surface area contributed by atoms with E-state index in [1.807, 2.05) is 37.3 Å². The quantitative estimate of drug-likeness (QED) is 0.110. The van der Waals surface area contributed by atoms with Crippen LogP contribution in [0.4, 0.5) is 5.69 Å². The van der Waals surface area contributed by atoms with E-state index < -0.39 is 0 Å². The fourth-order valence-corrected chi connectivity index (χ4v) is 5.91. The molecule has 9 N–H and O–H groups in total. The van der Waals surface area contributed by atoms with E-state index >= 15 is 0 Å². The number of rotatable bonds is 24. The second-order valence-electron chi connectivity index (χ2n) is 11.7. The zero-order valence-electron chi connectivity index (χ0n) is 26.9. The third-order valence-electron chi connectivity index (χ3n) is 8.36. The number of benzene rings is 2. The number of imide groups is 1. The summed E-state index contributed by atoms with van der Waals surface area (Å²) in [5.41, 5.74) is 25.4. The lowest BCUT2D eigenvalue weighted by Crippen LogP contribution is -2.43. The van der Waals surface area contributed by atoms with Crippen LogP contribution in [0.3, 0.4) is 0 Å². The Morgan fingerprint density at radius 3 is 1.59 bits per heavy atom. The van der Waals surface area contributed by atoms with Gasteiger partial charge in [0.15, 0.2) is 0 Å². The van der Waals surface area contributed by atoms with Crippen LogP contribution >= 0.6 is 0 Å². The Morgan fingerprint density at radius 2 is 1.11 bits per heavy atom. The van der Waals surface area contributed by atoms with Gasteiger partial charge in [-0.15, -0.1) is 0 Å². The molecule has 246 valence electrons. The van der Waals surface area contributed by atoms with Gasteiger partial charge in [-0.3, -0.25) is 19.4 Å². The molecular formula is C33H57N9O2. The molecule has 1 aliphatic heterocycles. The van der Waals surface area contributed by atoms with Crippen molar-refractivity contribution >= 4 is 28.3 Å². The largest absolute Gasteiger partial charge is 0.383 e. The first-order chi connectivity index (χ1) is 21.5. The Kier molecular flexibility index (Phi) is 16.0. The van der Waals surface area contributed by atoms with Crippen molar-refractivity contribution in [3.05, 3.63) is 41.5 Å². The van der Waals surface area contributed by atoms with Crippen LogP contribution in [0.2, 0.25) is 0 Å². The number of hydrogen-bond donors (Lipinski definition) is 5. The number of amides is 2. The van der Waals surface area contributed by atoms with Crippen molar-refractivity contribution in [2.45, 2.75) is 39.0 Å². The number of carbonyl (C=O) groups is 2. The summed E-state index contributed by atoms with van der Waals surface area (Å²) < 4.78 is 0. The van der Waals surface area contributed by atoms with Crippen molar-refractivity contribution in [1.29, 1.82) is 0 Å². The normalized spacial score (nSPS) is 13.3. The lowest BCUT2D eigenvalue weighted by Gasteiger charge is -2.30. The molecule has 0 atom stereocenters. The van der Waals surface area contributed by atoms with Crippen molar-refractivity contribution < 1.29 is 9.59 Å². The van der Waals surface area contributed by atoms with Crippen LogP contribution in [-0.4, -0.2) is 130 Å². The zero-order valence-corrected chi connectivity index (χ0v) is 26.9. The zero-order chi connectivity index (χ0) is 31.7. The number of nitrogens with one attached hydrogen (secondary N) is 1. The maximum atomic E-state index is 13.2. The monoisotopic (exact) mass is 611 g/mol. The van der Waals surface area contributed by atoms with E-state index in [-0.39, 0.29) is 11.8 Å². The highest BCUT2D eigenvalue weighted by molar-refractivity contribution is 6.26. The summed E-state index contributed by atoms with van der Waals surface area (Å²) in [6, 6.07) is 9.58. The van der Waals surface area contributed by atoms with Gasteiger partial charge in [-0.05, 0) is 103 Å². The number of hydrogen-bond acceptors (Lipinski definition) is 10. The predicted molar refractivity (Wildman–Crippen MR) is 182 cm³/mol. The minimum atomic E-state index is -0.207. The van der Waals surface area contributed by atoms with Gasteiger partial charge in [-0.2, -0.15) is 0 Å². The molecule has 0 bridgehead atoms. The van der Waals surface area contributed by atoms with Crippen molar-refractivity contribution in [2.75, 3.05) is 103 Å². The highest BCUT2D eigenvalue weighted by atomic mass is 16.2. The molecule has 2 aromatic rings. The van der Waals surface area contributed by atoms with Gasteiger partial charge in [0.2, 0.25) is 0 Å². The number of nitrogens with zero attached hydrogens (tertiary/aromatic N) is 4. The second kappa shape index (κ2) is 19.7. The summed E-state index contributed by atoms with van der Waals surface area (Å²) in [6.45, 7) is 14.5. The van der Waals surface area contributed by atoms with Crippen LogP contribution in [0.25, 0.3) is 10.8 Å². The third-order valence-corrected chi connectivity index (χ3v) is 8.36. The molecule has 0 aromatic heterocycles. The molecule has 0 radical (unpaired) electrons. The smallest absolute Gasteiger partial charge is 0.261 e. The fraction of sp³-hybridized carbons (Fsp3) is 0.636. The standard InChI is InChI=1S/C33H57N9O2/c1-2-17-42-32(43)28-9-3-8-27-30(11-10-29(31(27)28)33(42)44)38-16-22-41(25-23-39(18-4-12-34)19-5-13-35)26-24-40(20-6-14-36)21-7-15-37/h3,8-11,38H,2,4-7,12-26,34-37H2,1H3. The highest BCUT2D eigenvalue weighted by Crippen LogP contribution is 2.34. The molecule has 44 heavy (non-hydrogen) atoms. The Morgan fingerprint density at radius 1 is 0.636 bits per heavy atom. The first kappa shape index (κ1) is 35.8. The second-order valence-corrected chi connectivity index (χ2v) is 11.7. The maximum Gasteiger partial charge on any atom is 0.261 e. The van der Waals surface area contributed by atoms with Gasteiger partial charge in [0, 0.05) is 73.4 Å². The summed E-state index contributed by atoms with van der Waals surface area (Å²) in [6.07, 6.45) is 4.64. The Hall–Kier alpha value is -2.64. The highest BCUT2D eigenvalue weighted by Gasteiger charge is 2.32. The summed E-state index contributed by atoms with van der Waals surface area (Å²) in [4.78, 5) is 35.2. The molecule has 2 aromatic carbocycles. The van der Waals surface area contributed by atoms with Crippen LogP contribution in [-0.2, 0) is 0 Å². The molecule has 1 heterocycles. The van der Waals surface area contributed by atoms with Crippen LogP contribution in [0.15, 0.2) is 30.3 Å². The maximum absolute atomic E-state index is 13.2. The van der Waals surface area contributed by atoms with E-state index in [4.69, 9.17) is 22.9 Å². The molecule has 1 aliphatic rings. The SMILES string of the molecule is CCCN1C(=O)c2cccc3c(NCCN(CCN(CCCN)CCCN)CCN(CCCN)CCCN)ccc(c23)C1=O. The van der Waals surface area contributed by atoms with Gasteiger partial charge in [0.05, 0.1) is 0 Å². The van der Waals surface area contributed by atoms with E-state index in [0.29, 0.717) is 43.9 Å². The van der Waals surface area contributed by atoms with Gasteiger partial charge in [0.25, 0.3) is 11.8 Å². The van der Waals surface area contributed by atoms with E-state index in [2.05, 4.69) is 20.0 Å². The summed E-state index contributed by atoms with van der Waals surface area (Å²) in [7, 11) is 0. The lowest BCUT2D eigenvalue weighted by atomic mass is 9.93. The Bertz CT molecular complexity index is 1100. The lowest BCUT2D eigenvalue weighted by molar-refractivity contribution is 0.0610. The number of carbonyl (C=O) groups excluding carboxylic acids is 2. The first-order valence-electron chi connectivity index (χ1n) is 16.6. The van der Waals surface area contributed by atoms with Crippen LogP contribution in [0, 0.1) is 0 Å². The van der Waals surface area contributed by atoms with E-state index in [1.54, 1.807) is 0 Å². The molecular weight excluding hydrogens is 554 g/mol. The summed E-state index contributed by atoms with van der Waals surface area (Å²) in [5.74, 6) is -0.415. The number of nitrogens with two attached hydrogens (primary N) is 4. The summed E-state index contributed by atoms with van der Waals surface area (Å²) in [5, 5.41) is 5.29. The third kappa shape index (κ3) is 10.2. The van der Waals surface area contributed by atoms with Gasteiger partial charge >= 0.3 is 0 Å². The molecule has 11 nitrogen and oxygen atoms in total. The van der Waals surface area contributed by atoms with Crippen LogP contribution in [0.5, 0.6) is 0 Å². The minimum absolute atomic E-state index is 0.207. The van der Waals surface area contributed by atoms with Crippen LogP contribution in [0.1, 0.15) is 59.7 Å². The topological polar surface area (TPSA) is 163 Å². The van der Waals surface area contributed by atoms with Gasteiger partial charge in [-0.25, -0.2) is 0 Å². The Balaban J connectivity index is 1.72. The molecule has 2 amide bonds. The fourth-order valence-electron chi connectivity index (χ4n) is 5.91. The average Bonchev–Trinajstić information content (AvgIpc) is 3.04. The van der Waals surface area contributed by atoms with E-state index in [9.17, 15) is 9.59 Å². The minimum Gasteiger partial charge on any atom is -0.383 e. The molecule has 0 saturated heterocycles. The Labute approximate surface area is 264 Å². The molecule has 0 saturated carbocycles. The van der Waals surface area contributed by atoms with E-state index in [1.165, 1.54) is 4.90 Å². The number of anilines is 1. The van der Waals surface area contributed by atoms with Gasteiger partial charge in [0.1, 0.15) is 0 Å². The van der Waals surface area contributed by atoms with Gasteiger partial charge < -0.3 is 38.1 Å². The first-order valence-corrected chi connectivity index (χ1v) is 16.6. The molecule has 0 aliphatic carbocycles. The van der Waals surface area contributed by atoms with Crippen molar-refractivity contribution in [1.82, 2.24) is 19.6 Å². The molecule has 0 spiro atoms. The predicted octanol–water partition coefficient (Wildman–Crippen LogP) is 1.56. The molecule has 3 rings (SSSR count). The molecule has 11 heteroatoms.